The van der Waals surface area contributed by atoms with Crippen LogP contribution in [-0.4, -0.2) is 37.7 Å². The molecule has 7 nitrogen and oxygen atoms in total. The summed E-state index contributed by atoms with van der Waals surface area (Å²) in [5, 5.41) is 9.50. The predicted octanol–water partition coefficient (Wildman–Crippen LogP) is 7.42. The Morgan fingerprint density at radius 1 is 0.816 bits per heavy atom. The highest BCUT2D eigenvalue weighted by Gasteiger charge is 2.23. The zero-order valence-electron chi connectivity index (χ0n) is 20.5. The molecule has 0 fully saturated rings. The monoisotopic (exact) mass is 639 g/mol. The SMILES string of the molecule is COc1ccc(C(=O)N(CC(=O)O)c2cc(Br)c(Oc3ccc(OC)c(-c4ccccc4)c3)c(Br)c2)cc1. The van der Waals surface area contributed by atoms with Gasteiger partial charge in [-0.05, 0) is 92.0 Å². The van der Waals surface area contributed by atoms with Crippen LogP contribution in [0.5, 0.6) is 23.0 Å². The summed E-state index contributed by atoms with van der Waals surface area (Å²) in [6.07, 6.45) is 0. The van der Waals surface area contributed by atoms with Gasteiger partial charge in [-0.15, -0.1) is 0 Å². The molecular formula is C29H23Br2NO6. The Balaban J connectivity index is 1.66. The number of carboxylic acid groups (broad SMARTS) is 1. The van der Waals surface area contributed by atoms with Crippen LogP contribution in [-0.2, 0) is 4.79 Å². The third-order valence-electron chi connectivity index (χ3n) is 5.65. The Bertz CT molecular complexity index is 1440. The van der Waals surface area contributed by atoms with Gasteiger partial charge in [0.15, 0.2) is 5.75 Å². The van der Waals surface area contributed by atoms with E-state index in [0.29, 0.717) is 43.2 Å². The molecule has 4 aromatic carbocycles. The molecule has 194 valence electrons. The van der Waals surface area contributed by atoms with E-state index >= 15 is 0 Å². The third kappa shape index (κ3) is 6.17. The first-order chi connectivity index (χ1) is 18.3. The lowest BCUT2D eigenvalue weighted by Gasteiger charge is -2.23. The first kappa shape index (κ1) is 27.2. The molecule has 0 saturated heterocycles. The Kier molecular flexibility index (Phi) is 8.70. The molecule has 0 aliphatic heterocycles. The summed E-state index contributed by atoms with van der Waals surface area (Å²) in [5.41, 5.74) is 2.54. The van der Waals surface area contributed by atoms with Crippen LogP contribution in [0.1, 0.15) is 10.4 Å². The van der Waals surface area contributed by atoms with E-state index in [2.05, 4.69) is 31.9 Å². The summed E-state index contributed by atoms with van der Waals surface area (Å²) >= 11 is 7.05. The molecule has 0 aromatic heterocycles. The van der Waals surface area contributed by atoms with Gasteiger partial charge in [0.25, 0.3) is 5.91 Å². The minimum absolute atomic E-state index is 0.325. The average Bonchev–Trinajstić information content (AvgIpc) is 2.93. The summed E-state index contributed by atoms with van der Waals surface area (Å²) in [6, 6.07) is 25.1. The minimum atomic E-state index is -1.15. The topological polar surface area (TPSA) is 85.3 Å². The van der Waals surface area contributed by atoms with Gasteiger partial charge in [-0.2, -0.15) is 0 Å². The second-order valence-corrected chi connectivity index (χ2v) is 9.79. The molecule has 1 N–H and O–H groups in total. The number of rotatable bonds is 9. The molecule has 0 spiro atoms. The highest BCUT2D eigenvalue weighted by Crippen LogP contribution is 2.42. The number of benzene rings is 4. The van der Waals surface area contributed by atoms with Gasteiger partial charge in [0.1, 0.15) is 23.8 Å². The molecule has 0 bridgehead atoms. The average molecular weight is 641 g/mol. The number of nitrogens with zero attached hydrogens (tertiary/aromatic N) is 1. The van der Waals surface area contributed by atoms with Gasteiger partial charge in [-0.1, -0.05) is 30.3 Å². The van der Waals surface area contributed by atoms with Crippen LogP contribution in [0, 0.1) is 0 Å². The molecule has 0 heterocycles. The molecule has 0 aliphatic carbocycles. The van der Waals surface area contributed by atoms with Crippen LogP contribution in [0.25, 0.3) is 11.1 Å². The second kappa shape index (κ2) is 12.1. The Morgan fingerprint density at radius 3 is 2.03 bits per heavy atom. The highest BCUT2D eigenvalue weighted by atomic mass is 79.9. The molecule has 4 aromatic rings. The van der Waals surface area contributed by atoms with Crippen LogP contribution >= 0.6 is 31.9 Å². The van der Waals surface area contributed by atoms with Gasteiger partial charge in [0.05, 0.1) is 23.2 Å². The molecule has 0 atom stereocenters. The molecule has 0 radical (unpaired) electrons. The fraction of sp³-hybridized carbons (Fsp3) is 0.103. The predicted molar refractivity (Wildman–Crippen MR) is 153 cm³/mol. The summed E-state index contributed by atoms with van der Waals surface area (Å²) in [4.78, 5) is 26.1. The summed E-state index contributed by atoms with van der Waals surface area (Å²) in [5.74, 6) is 0.711. The smallest absolute Gasteiger partial charge is 0.323 e. The van der Waals surface area contributed by atoms with Gasteiger partial charge in [-0.3, -0.25) is 14.5 Å². The molecule has 38 heavy (non-hydrogen) atoms. The Hall–Kier alpha value is -3.82. The number of halogens is 2. The number of amides is 1. The molecule has 0 aliphatic rings. The summed E-state index contributed by atoms with van der Waals surface area (Å²) in [6.45, 7) is -0.525. The number of ether oxygens (including phenoxy) is 3. The fourth-order valence-electron chi connectivity index (χ4n) is 3.82. The van der Waals surface area contributed by atoms with E-state index in [1.807, 2.05) is 42.5 Å². The Labute approximate surface area is 236 Å². The number of carbonyl (C=O) groups is 2. The Morgan fingerprint density at radius 2 is 1.45 bits per heavy atom. The van der Waals surface area contributed by atoms with Crippen molar-refractivity contribution in [2.24, 2.45) is 0 Å². The van der Waals surface area contributed by atoms with E-state index in [-0.39, 0.29) is 0 Å². The zero-order chi connectivity index (χ0) is 27.2. The number of methoxy groups -OCH3 is 2. The van der Waals surface area contributed by atoms with Gasteiger partial charge in [0, 0.05) is 16.8 Å². The van der Waals surface area contributed by atoms with Crippen LogP contribution in [0.2, 0.25) is 0 Å². The number of hydrogen-bond donors (Lipinski definition) is 1. The number of carbonyl (C=O) groups excluding carboxylic acids is 1. The standard InChI is InChI=1S/C29H23Br2NO6/c1-36-21-10-8-19(9-11-21)29(35)32(17-27(33)34)20-14-24(30)28(25(31)15-20)38-22-12-13-26(37-2)23(16-22)18-6-4-3-5-7-18/h3-16H,17H2,1-2H3,(H,33,34). The minimum Gasteiger partial charge on any atom is -0.497 e. The molecular weight excluding hydrogens is 618 g/mol. The van der Waals surface area contributed by atoms with Crippen molar-refractivity contribution in [3.05, 3.63) is 99.4 Å². The van der Waals surface area contributed by atoms with E-state index in [0.717, 1.165) is 11.1 Å². The first-order valence-electron chi connectivity index (χ1n) is 11.4. The lowest BCUT2D eigenvalue weighted by Crippen LogP contribution is -2.35. The quantitative estimate of drug-likeness (QED) is 0.205. The van der Waals surface area contributed by atoms with Crippen molar-refractivity contribution in [3.63, 3.8) is 0 Å². The van der Waals surface area contributed by atoms with Gasteiger partial charge < -0.3 is 19.3 Å². The highest BCUT2D eigenvalue weighted by molar-refractivity contribution is 9.11. The van der Waals surface area contributed by atoms with Crippen molar-refractivity contribution in [1.29, 1.82) is 0 Å². The molecule has 9 heteroatoms. The van der Waals surface area contributed by atoms with Crippen molar-refractivity contribution < 1.29 is 28.9 Å². The van der Waals surface area contributed by atoms with Crippen molar-refractivity contribution in [2.75, 3.05) is 25.7 Å². The van der Waals surface area contributed by atoms with E-state index in [4.69, 9.17) is 14.2 Å². The maximum Gasteiger partial charge on any atom is 0.323 e. The zero-order valence-corrected chi connectivity index (χ0v) is 23.7. The maximum atomic E-state index is 13.3. The molecule has 0 unspecified atom stereocenters. The van der Waals surface area contributed by atoms with Crippen molar-refractivity contribution in [3.8, 4) is 34.1 Å². The van der Waals surface area contributed by atoms with Crippen molar-refractivity contribution in [1.82, 2.24) is 0 Å². The van der Waals surface area contributed by atoms with Crippen LogP contribution in [0.4, 0.5) is 5.69 Å². The maximum absolute atomic E-state index is 13.3. The van der Waals surface area contributed by atoms with Gasteiger partial charge >= 0.3 is 5.97 Å². The lowest BCUT2D eigenvalue weighted by molar-refractivity contribution is -0.135. The molecule has 1 amide bonds. The largest absolute Gasteiger partial charge is 0.497 e. The molecule has 4 rings (SSSR count). The van der Waals surface area contributed by atoms with E-state index in [1.165, 1.54) is 12.0 Å². The van der Waals surface area contributed by atoms with Crippen LogP contribution in [0.3, 0.4) is 0 Å². The summed E-state index contributed by atoms with van der Waals surface area (Å²) in [7, 11) is 3.14. The van der Waals surface area contributed by atoms with Crippen LogP contribution < -0.4 is 19.1 Å². The number of anilines is 1. The molecule has 0 saturated carbocycles. The summed E-state index contributed by atoms with van der Waals surface area (Å²) < 4.78 is 17.9. The normalized spacial score (nSPS) is 10.5. The first-order valence-corrected chi connectivity index (χ1v) is 13.0. The van der Waals surface area contributed by atoms with Gasteiger partial charge in [0.2, 0.25) is 0 Å². The fourth-order valence-corrected chi connectivity index (χ4v) is 5.14. The van der Waals surface area contributed by atoms with Gasteiger partial charge in [-0.25, -0.2) is 0 Å². The van der Waals surface area contributed by atoms with Crippen molar-refractivity contribution >= 4 is 49.4 Å². The number of carboxylic acids is 1. The lowest BCUT2D eigenvalue weighted by atomic mass is 10.0. The number of aliphatic carboxylic acids is 1. The second-order valence-electron chi connectivity index (χ2n) is 8.08. The van der Waals surface area contributed by atoms with E-state index in [9.17, 15) is 14.7 Å². The van der Waals surface area contributed by atoms with Crippen LogP contribution in [0.15, 0.2) is 93.9 Å². The number of hydrogen-bond acceptors (Lipinski definition) is 5. The third-order valence-corrected chi connectivity index (χ3v) is 6.82. The van der Waals surface area contributed by atoms with E-state index < -0.39 is 18.4 Å². The van der Waals surface area contributed by atoms with E-state index in [1.54, 1.807) is 49.6 Å². The van der Waals surface area contributed by atoms with Crippen molar-refractivity contribution in [2.45, 2.75) is 0 Å².